The molecule has 0 amide bonds. The lowest BCUT2D eigenvalue weighted by Crippen LogP contribution is -2.44. The zero-order valence-corrected chi connectivity index (χ0v) is 12.3. The highest BCUT2D eigenvalue weighted by Gasteiger charge is 2.27. The first-order valence-electron chi connectivity index (χ1n) is 7.12. The summed E-state index contributed by atoms with van der Waals surface area (Å²) in [6, 6.07) is 1.39. The highest BCUT2D eigenvalue weighted by atomic mass is 16.4. The molecule has 0 aromatic rings. The number of likely N-dealkylation sites (tertiary alicyclic amines) is 1. The number of hydrogen-bond acceptors (Lipinski definition) is 3. The first-order valence-corrected chi connectivity index (χ1v) is 7.12. The summed E-state index contributed by atoms with van der Waals surface area (Å²) < 4.78 is 0. The van der Waals surface area contributed by atoms with Crippen molar-refractivity contribution in [1.29, 1.82) is 0 Å². The van der Waals surface area contributed by atoms with Gasteiger partial charge in [-0.2, -0.15) is 0 Å². The Labute approximate surface area is 111 Å². The molecule has 0 aliphatic carbocycles. The van der Waals surface area contributed by atoms with Gasteiger partial charge in [-0.1, -0.05) is 25.4 Å². The number of hydrogen-bond donors (Lipinski definition) is 2. The summed E-state index contributed by atoms with van der Waals surface area (Å²) in [6.45, 7) is 9.83. The van der Waals surface area contributed by atoms with Crippen LogP contribution in [0.2, 0.25) is 0 Å². The second kappa shape index (κ2) is 6.41. The Hall–Kier alpha value is -0.770. The average molecular weight is 255 g/mol. The van der Waals surface area contributed by atoms with Crippen molar-refractivity contribution in [3.05, 3.63) is 0 Å². The summed E-state index contributed by atoms with van der Waals surface area (Å²) in [5.74, 6) is 0.335. The molecule has 1 fully saturated rings. The molecule has 0 bridgehead atoms. The first kappa shape index (κ1) is 15.3. The topological polar surface area (TPSA) is 61.8 Å². The molecule has 4 nitrogen and oxygen atoms in total. The van der Waals surface area contributed by atoms with Gasteiger partial charge in [0.15, 0.2) is 0 Å². The number of oxime groups is 1. The van der Waals surface area contributed by atoms with Crippen LogP contribution in [0.15, 0.2) is 5.16 Å². The molecule has 2 atom stereocenters. The Bertz CT molecular complexity index is 279. The number of amidine groups is 1. The van der Waals surface area contributed by atoms with Crippen molar-refractivity contribution in [2.24, 2.45) is 16.3 Å². The lowest BCUT2D eigenvalue weighted by Gasteiger charge is -2.39. The summed E-state index contributed by atoms with van der Waals surface area (Å²) >= 11 is 0. The van der Waals surface area contributed by atoms with E-state index in [9.17, 15) is 0 Å². The SMILES string of the molecule is CC1CCCC(C)N1CCCC(C)(C)C(N)=NO. The van der Waals surface area contributed by atoms with Gasteiger partial charge in [0.1, 0.15) is 5.84 Å². The summed E-state index contributed by atoms with van der Waals surface area (Å²) in [5.41, 5.74) is 5.50. The minimum Gasteiger partial charge on any atom is -0.409 e. The van der Waals surface area contributed by atoms with Gasteiger partial charge >= 0.3 is 0 Å². The highest BCUT2D eigenvalue weighted by Crippen LogP contribution is 2.26. The molecular formula is C14H29N3O. The Morgan fingerprint density at radius 3 is 2.39 bits per heavy atom. The van der Waals surface area contributed by atoms with E-state index in [0.29, 0.717) is 17.9 Å². The molecule has 1 saturated heterocycles. The van der Waals surface area contributed by atoms with Crippen LogP contribution in [0.3, 0.4) is 0 Å². The molecule has 4 heteroatoms. The van der Waals surface area contributed by atoms with E-state index in [1.807, 2.05) is 13.8 Å². The molecule has 18 heavy (non-hydrogen) atoms. The van der Waals surface area contributed by atoms with Crippen LogP contribution in [0, 0.1) is 5.41 Å². The van der Waals surface area contributed by atoms with Gasteiger partial charge in [-0.15, -0.1) is 0 Å². The van der Waals surface area contributed by atoms with Gasteiger partial charge in [-0.05, 0) is 46.1 Å². The summed E-state index contributed by atoms with van der Waals surface area (Å²) in [5, 5.41) is 11.9. The van der Waals surface area contributed by atoms with Crippen LogP contribution in [0.25, 0.3) is 0 Å². The fourth-order valence-corrected chi connectivity index (χ4v) is 2.88. The maximum Gasteiger partial charge on any atom is 0.144 e. The van der Waals surface area contributed by atoms with Crippen molar-refractivity contribution in [2.75, 3.05) is 6.54 Å². The van der Waals surface area contributed by atoms with Crippen LogP contribution in [0.4, 0.5) is 0 Å². The molecule has 2 unspecified atom stereocenters. The molecule has 1 heterocycles. The maximum atomic E-state index is 8.76. The quantitative estimate of drug-likeness (QED) is 0.344. The molecule has 0 aromatic carbocycles. The predicted octanol–water partition coefficient (Wildman–Crippen LogP) is 2.80. The Morgan fingerprint density at radius 2 is 1.89 bits per heavy atom. The predicted molar refractivity (Wildman–Crippen MR) is 75.9 cm³/mol. The summed E-state index contributed by atoms with van der Waals surface area (Å²) in [6.07, 6.45) is 6.03. The highest BCUT2D eigenvalue weighted by molar-refractivity contribution is 5.85. The Morgan fingerprint density at radius 1 is 1.33 bits per heavy atom. The third-order valence-corrected chi connectivity index (χ3v) is 4.40. The summed E-state index contributed by atoms with van der Waals surface area (Å²) in [7, 11) is 0. The van der Waals surface area contributed by atoms with Crippen LogP contribution < -0.4 is 5.73 Å². The number of rotatable bonds is 5. The van der Waals surface area contributed by atoms with Gasteiger partial charge in [0.2, 0.25) is 0 Å². The fraction of sp³-hybridized carbons (Fsp3) is 0.929. The molecule has 1 aliphatic heterocycles. The smallest absolute Gasteiger partial charge is 0.144 e. The molecule has 0 radical (unpaired) electrons. The van der Waals surface area contributed by atoms with E-state index in [0.717, 1.165) is 19.4 Å². The standard InChI is InChI=1S/C14H29N3O/c1-11-7-5-8-12(2)17(11)10-6-9-14(3,4)13(15)16-18/h11-12,18H,5-10H2,1-4H3,(H2,15,16). The van der Waals surface area contributed by atoms with E-state index in [1.54, 1.807) is 0 Å². The van der Waals surface area contributed by atoms with E-state index in [-0.39, 0.29) is 5.41 Å². The van der Waals surface area contributed by atoms with Crippen LogP contribution in [-0.4, -0.2) is 34.6 Å². The minimum atomic E-state index is -0.211. The van der Waals surface area contributed by atoms with Gasteiger partial charge < -0.3 is 10.9 Å². The van der Waals surface area contributed by atoms with E-state index in [1.165, 1.54) is 19.3 Å². The molecule has 1 aliphatic rings. The normalized spacial score (nSPS) is 27.4. The maximum absolute atomic E-state index is 8.76. The van der Waals surface area contributed by atoms with Crippen LogP contribution in [0.1, 0.15) is 59.8 Å². The van der Waals surface area contributed by atoms with Gasteiger partial charge in [0, 0.05) is 17.5 Å². The second-order valence-electron chi connectivity index (χ2n) is 6.34. The molecule has 3 N–H and O–H groups in total. The largest absolute Gasteiger partial charge is 0.409 e. The average Bonchev–Trinajstić information content (AvgIpc) is 2.31. The number of nitrogens with two attached hydrogens (primary N) is 1. The molecule has 0 saturated carbocycles. The van der Waals surface area contributed by atoms with Crippen LogP contribution in [-0.2, 0) is 0 Å². The lowest BCUT2D eigenvalue weighted by molar-refractivity contribution is 0.0989. The first-order chi connectivity index (χ1) is 8.38. The number of piperidine rings is 1. The zero-order chi connectivity index (χ0) is 13.8. The Kier molecular flexibility index (Phi) is 5.45. The van der Waals surface area contributed by atoms with Crippen molar-refractivity contribution in [1.82, 2.24) is 4.90 Å². The summed E-state index contributed by atoms with van der Waals surface area (Å²) in [4.78, 5) is 2.60. The van der Waals surface area contributed by atoms with Crippen molar-refractivity contribution < 1.29 is 5.21 Å². The zero-order valence-electron chi connectivity index (χ0n) is 12.3. The molecule has 0 aromatic heterocycles. The van der Waals surface area contributed by atoms with Gasteiger partial charge in [-0.3, -0.25) is 4.90 Å². The molecule has 0 spiro atoms. The molecule has 1 rings (SSSR count). The third-order valence-electron chi connectivity index (χ3n) is 4.40. The van der Waals surface area contributed by atoms with E-state index >= 15 is 0 Å². The number of nitrogens with zero attached hydrogens (tertiary/aromatic N) is 2. The van der Waals surface area contributed by atoms with Gasteiger partial charge in [0.05, 0.1) is 0 Å². The van der Waals surface area contributed by atoms with Crippen LogP contribution >= 0.6 is 0 Å². The van der Waals surface area contributed by atoms with E-state index in [4.69, 9.17) is 10.9 Å². The van der Waals surface area contributed by atoms with Crippen LogP contribution in [0.5, 0.6) is 0 Å². The van der Waals surface area contributed by atoms with Crippen molar-refractivity contribution >= 4 is 5.84 Å². The van der Waals surface area contributed by atoms with E-state index < -0.39 is 0 Å². The molecule has 106 valence electrons. The third kappa shape index (κ3) is 3.87. The Balaban J connectivity index is 2.41. The minimum absolute atomic E-state index is 0.211. The van der Waals surface area contributed by atoms with Crippen molar-refractivity contribution in [3.63, 3.8) is 0 Å². The van der Waals surface area contributed by atoms with Crippen molar-refractivity contribution in [3.8, 4) is 0 Å². The van der Waals surface area contributed by atoms with Crippen molar-refractivity contribution in [2.45, 2.75) is 71.9 Å². The van der Waals surface area contributed by atoms with Gasteiger partial charge in [-0.25, -0.2) is 0 Å². The molecular weight excluding hydrogens is 226 g/mol. The van der Waals surface area contributed by atoms with Gasteiger partial charge in [0.25, 0.3) is 0 Å². The fourth-order valence-electron chi connectivity index (χ4n) is 2.88. The monoisotopic (exact) mass is 255 g/mol. The van der Waals surface area contributed by atoms with E-state index in [2.05, 4.69) is 23.9 Å². The lowest BCUT2D eigenvalue weighted by atomic mass is 9.86. The second-order valence-corrected chi connectivity index (χ2v) is 6.34.